The van der Waals surface area contributed by atoms with Gasteiger partial charge in [0.25, 0.3) is 0 Å². The molecule has 0 saturated heterocycles. The van der Waals surface area contributed by atoms with E-state index in [2.05, 4.69) is 241 Å². The van der Waals surface area contributed by atoms with E-state index in [4.69, 9.17) is 0 Å². The Balaban J connectivity index is 9.21. The molecule has 0 bridgehead atoms. The van der Waals surface area contributed by atoms with Crippen LogP contribution in [-0.2, 0) is 0 Å². The molecule has 53 heteroatoms. The van der Waals surface area contributed by atoms with E-state index in [0.29, 0.717) is 0 Å². The second-order valence-corrected chi connectivity index (χ2v) is 226. The Morgan fingerprint density at radius 3 is 0.509 bits per heavy atom. The minimum atomic E-state index is -0.176. The number of hydrogen-bond acceptors (Lipinski definition) is 0. The highest BCUT2D eigenvalue weighted by molar-refractivity contribution is 9.48. The molecule has 53 heavy (non-hydrogen) atoms. The van der Waals surface area contributed by atoms with Gasteiger partial charge in [-0.05, 0) is 183 Å². The van der Waals surface area contributed by atoms with Crippen LogP contribution in [0.3, 0.4) is 0 Å². The van der Waals surface area contributed by atoms with Crippen molar-refractivity contribution in [1.82, 2.24) is 0 Å². The quantitative estimate of drug-likeness (QED) is 0.0799. The van der Waals surface area contributed by atoms with Gasteiger partial charge < -0.3 is 0 Å². The molecule has 0 aliphatic rings. The fourth-order valence-electron chi connectivity index (χ4n) is 3.00. The molecule has 0 aromatic heterocycles. The molecular weight excluding hydrogens is 1640 g/mol. The first-order valence-corrected chi connectivity index (χ1v) is 108. The third-order valence-electron chi connectivity index (χ3n) is 4.56. The largest absolute Gasteiger partial charge is 0.102 e. The predicted octanol–water partition coefficient (Wildman–Crippen LogP) is 30.9. The summed E-state index contributed by atoms with van der Waals surface area (Å²) in [5.74, 6) is 0. The lowest BCUT2D eigenvalue weighted by Crippen LogP contribution is -1.67. The summed E-state index contributed by atoms with van der Waals surface area (Å²) in [4.78, 5) is 0. The molecule has 0 aliphatic carbocycles. The number of rotatable bonds is 25. The van der Waals surface area contributed by atoms with E-state index in [0.717, 1.165) is 0 Å². The van der Waals surface area contributed by atoms with Crippen molar-refractivity contribution < 1.29 is 0 Å². The van der Waals surface area contributed by atoms with Gasteiger partial charge in [0.2, 0.25) is 0 Å². The molecule has 0 radical (unpaired) electrons. The van der Waals surface area contributed by atoms with E-state index in [1.165, 1.54) is 7.96 Å². The molecule has 0 nitrogen and oxygen atoms in total. The normalized spacial score (nSPS) is 16.2. The summed E-state index contributed by atoms with van der Waals surface area (Å²) >= 11 is 0. The van der Waals surface area contributed by atoms with Crippen LogP contribution >= 0.6 is 424 Å². The zero-order valence-electron chi connectivity index (χ0n) is 27.3. The molecule has 31 unspecified atom stereocenters. The van der Waals surface area contributed by atoms with Crippen LogP contribution in [0.25, 0.3) is 0 Å². The zero-order valence-corrected chi connectivity index (χ0v) is 81.8. The first-order chi connectivity index (χ1) is 24.1. The van der Waals surface area contributed by atoms with E-state index in [-0.39, 0.29) is 175 Å². The summed E-state index contributed by atoms with van der Waals surface area (Å²) in [5.41, 5.74) is 0. The van der Waals surface area contributed by atoms with E-state index >= 15 is 0 Å². The molecule has 320 valence electrons. The molecule has 0 saturated carbocycles. The maximum absolute atomic E-state index is 3.63. The van der Waals surface area contributed by atoms with Crippen LogP contribution in [0.5, 0.6) is 0 Å². The fourth-order valence-corrected chi connectivity index (χ4v) is 729. The standard InChI is InChI=1S/H55P53/c1-29(2)42(27)51(46(32(7)8)33(9)10)43(45(30(3)4)31(5)6)28-44(52(47(34(11)12)35(13)14)48(36(15)16)37(17)18)53(49(38(19)20)39(21)22)50(40(23)24)41(25)26/h28H,1-27H2. The lowest BCUT2D eigenvalue weighted by Gasteiger charge is -2.55. The van der Waals surface area contributed by atoms with Gasteiger partial charge in [0.1, 0.15) is 0 Å². The molecule has 0 aromatic carbocycles. The van der Waals surface area contributed by atoms with Crippen molar-refractivity contribution in [2.75, 3.05) is 0 Å². The zero-order chi connectivity index (χ0) is 42.1. The molecule has 0 aromatic rings. The summed E-state index contributed by atoms with van der Waals surface area (Å²) in [5, 5.41) is 0. The first kappa shape index (κ1) is 75.8. The Kier molecular flexibility index (Phi) is 59.7. The highest BCUT2D eigenvalue weighted by atomic mass is 33.5. The molecule has 0 fully saturated rings. The van der Waals surface area contributed by atoms with E-state index in [1.54, 1.807) is 0 Å². The van der Waals surface area contributed by atoms with Crippen molar-refractivity contribution in [3.8, 4) is 0 Å². The Bertz CT molecular complexity index is 792. The van der Waals surface area contributed by atoms with Crippen molar-refractivity contribution in [2.24, 2.45) is 0 Å². The molecule has 0 N–H and O–H groups in total. The van der Waals surface area contributed by atoms with Crippen LogP contribution in [0.15, 0.2) is 0 Å². The summed E-state index contributed by atoms with van der Waals surface area (Å²) in [7, 11) is 94.7. The second-order valence-electron chi connectivity index (χ2n) is 8.35. The molecule has 0 aliphatic heterocycles. The molecular formula is H55P53. The van der Waals surface area contributed by atoms with Crippen molar-refractivity contribution >= 4 is 424 Å². The Hall–Kier alpha value is 22.8. The molecule has 0 amide bonds. The summed E-state index contributed by atoms with van der Waals surface area (Å²) in [6.07, 6.45) is 0. The number of hydrogen-bond donors (Lipinski definition) is 0. The average Bonchev–Trinajstić information content (AvgIpc) is 2.94. The summed E-state index contributed by atoms with van der Waals surface area (Å²) in [6.45, 7) is -3.49. The topological polar surface area (TPSA) is 0 Å². The SMILES string of the molecule is PP(P)P(P)P(P(PP(P(P(P(P)P)P(P)P)P(P(P)P)P(P)P)P(P(P(P)P)P(P)P)P(P(P)P)P(P)P)P(P(P)P)P(P)P)P(P(P)P)P(P)P. The van der Waals surface area contributed by atoms with E-state index in [1.807, 2.05) is 0 Å². The smallest absolute Gasteiger partial charge is 0.000962 e. The molecule has 0 rings (SSSR count). The second kappa shape index (κ2) is 41.7. The van der Waals surface area contributed by atoms with Crippen LogP contribution in [0.4, 0.5) is 0 Å². The summed E-state index contributed by atoms with van der Waals surface area (Å²) in [6, 6.07) is 0. The van der Waals surface area contributed by atoms with Crippen LogP contribution in [0.2, 0.25) is 0 Å². The van der Waals surface area contributed by atoms with E-state index in [9.17, 15) is 0 Å². The maximum Gasteiger partial charge on any atom is -0.000962 e. The van der Waals surface area contributed by atoms with Crippen LogP contribution in [0, 0.1) is 0 Å². The third-order valence-corrected chi connectivity index (χ3v) is 369. The lowest BCUT2D eigenvalue weighted by atomic mass is 28.4. The van der Waals surface area contributed by atoms with E-state index < -0.39 is 0 Å². The van der Waals surface area contributed by atoms with Gasteiger partial charge in [0, 0.05) is 0 Å². The monoisotopic (exact) mass is 1700 g/mol. The van der Waals surface area contributed by atoms with Gasteiger partial charge in [-0.2, -0.15) is 0 Å². The predicted molar refractivity (Wildman–Crippen MR) is 443 cm³/mol. The Labute approximate surface area is 417 Å². The molecule has 0 heterocycles. The Morgan fingerprint density at radius 2 is 0.340 bits per heavy atom. The third kappa shape index (κ3) is 28.1. The van der Waals surface area contributed by atoms with Gasteiger partial charge in [-0.25, -0.2) is 0 Å². The van der Waals surface area contributed by atoms with Crippen LogP contribution in [0.1, 0.15) is 0 Å². The summed E-state index contributed by atoms with van der Waals surface area (Å²) < 4.78 is 0. The van der Waals surface area contributed by atoms with Crippen LogP contribution in [-0.4, -0.2) is 0 Å². The van der Waals surface area contributed by atoms with Gasteiger partial charge >= 0.3 is 0 Å². The van der Waals surface area contributed by atoms with Crippen molar-refractivity contribution in [2.45, 2.75) is 0 Å². The average molecular weight is 1700 g/mol. The molecule has 31 atom stereocenters. The first-order valence-electron chi connectivity index (χ1n) is 12.0. The highest BCUT2D eigenvalue weighted by Crippen LogP contribution is 3.42. The maximum atomic E-state index is 3.63. The van der Waals surface area contributed by atoms with Gasteiger partial charge in [0.15, 0.2) is 0 Å². The fraction of sp³-hybridized carbons (Fsp3) is 0. The van der Waals surface area contributed by atoms with Gasteiger partial charge in [-0.1, -0.05) is 0 Å². The van der Waals surface area contributed by atoms with Crippen molar-refractivity contribution in [3.05, 3.63) is 0 Å². The van der Waals surface area contributed by atoms with Gasteiger partial charge in [0.05, 0.1) is 0 Å². The lowest BCUT2D eigenvalue weighted by molar-refractivity contribution is 4.39. The highest BCUT2D eigenvalue weighted by Gasteiger charge is 2.54. The Morgan fingerprint density at radius 1 is 0.170 bits per heavy atom. The van der Waals surface area contributed by atoms with Gasteiger partial charge in [-0.3, -0.25) is 0 Å². The minimum Gasteiger partial charge on any atom is -0.102 e. The van der Waals surface area contributed by atoms with Crippen molar-refractivity contribution in [1.29, 1.82) is 0 Å². The minimum absolute atomic E-state index is 0.0734. The van der Waals surface area contributed by atoms with Crippen LogP contribution < -0.4 is 0 Å². The van der Waals surface area contributed by atoms with Crippen molar-refractivity contribution in [3.63, 3.8) is 0 Å². The molecule has 0 spiro atoms. The van der Waals surface area contributed by atoms with Gasteiger partial charge in [-0.15, -0.1) is 241 Å².